The Balaban J connectivity index is 1.99. The predicted octanol–water partition coefficient (Wildman–Crippen LogP) is 4.06. The standard InChI is InChI=1S/C16H18BrFN2O/c1-11(2)21-16-13(6-4-8-20-16)10-19-9-12-5-3-7-14(18)15(12)17/h3-8,11,19H,9-10H2,1-2H3. The van der Waals surface area contributed by atoms with Crippen molar-refractivity contribution in [3.63, 3.8) is 0 Å². The van der Waals surface area contributed by atoms with E-state index in [0.29, 0.717) is 23.4 Å². The first-order valence-electron chi connectivity index (χ1n) is 6.82. The summed E-state index contributed by atoms with van der Waals surface area (Å²) in [4.78, 5) is 4.24. The average molecular weight is 353 g/mol. The molecule has 2 aromatic rings. The first-order chi connectivity index (χ1) is 10.1. The molecule has 0 atom stereocenters. The third kappa shape index (κ3) is 4.51. The molecule has 0 aliphatic carbocycles. The molecular weight excluding hydrogens is 335 g/mol. The first kappa shape index (κ1) is 15.9. The van der Waals surface area contributed by atoms with E-state index in [0.717, 1.165) is 11.1 Å². The van der Waals surface area contributed by atoms with Crippen LogP contribution in [0.3, 0.4) is 0 Å². The number of hydrogen-bond donors (Lipinski definition) is 1. The van der Waals surface area contributed by atoms with Crippen LogP contribution in [0, 0.1) is 5.82 Å². The van der Waals surface area contributed by atoms with E-state index in [1.54, 1.807) is 12.3 Å². The number of rotatable bonds is 6. The smallest absolute Gasteiger partial charge is 0.218 e. The summed E-state index contributed by atoms with van der Waals surface area (Å²) in [5, 5.41) is 3.28. The van der Waals surface area contributed by atoms with Gasteiger partial charge in [-0.15, -0.1) is 0 Å². The van der Waals surface area contributed by atoms with E-state index < -0.39 is 0 Å². The highest BCUT2D eigenvalue weighted by molar-refractivity contribution is 9.10. The van der Waals surface area contributed by atoms with Gasteiger partial charge >= 0.3 is 0 Å². The summed E-state index contributed by atoms with van der Waals surface area (Å²) in [6.45, 7) is 5.11. The Hall–Kier alpha value is -1.46. The summed E-state index contributed by atoms with van der Waals surface area (Å²) in [5.74, 6) is 0.387. The van der Waals surface area contributed by atoms with Crippen LogP contribution in [0.2, 0.25) is 0 Å². The van der Waals surface area contributed by atoms with Crippen molar-refractivity contribution in [2.24, 2.45) is 0 Å². The van der Waals surface area contributed by atoms with Crippen LogP contribution < -0.4 is 10.1 Å². The fourth-order valence-electron chi connectivity index (χ4n) is 1.90. The van der Waals surface area contributed by atoms with Crippen molar-refractivity contribution in [2.75, 3.05) is 0 Å². The van der Waals surface area contributed by atoms with Crippen molar-refractivity contribution in [2.45, 2.75) is 33.0 Å². The van der Waals surface area contributed by atoms with Crippen LogP contribution in [-0.4, -0.2) is 11.1 Å². The molecule has 0 unspecified atom stereocenters. The van der Waals surface area contributed by atoms with Gasteiger partial charge in [-0.05, 0) is 47.5 Å². The normalized spacial score (nSPS) is 10.9. The van der Waals surface area contributed by atoms with Crippen molar-refractivity contribution in [1.82, 2.24) is 10.3 Å². The van der Waals surface area contributed by atoms with Crippen LogP contribution >= 0.6 is 15.9 Å². The Labute approximate surface area is 132 Å². The topological polar surface area (TPSA) is 34.1 Å². The molecule has 1 aromatic heterocycles. The minimum Gasteiger partial charge on any atom is -0.475 e. The number of nitrogens with zero attached hydrogens (tertiary/aromatic N) is 1. The van der Waals surface area contributed by atoms with Crippen LogP contribution in [0.4, 0.5) is 4.39 Å². The molecule has 0 amide bonds. The SMILES string of the molecule is CC(C)Oc1ncccc1CNCc1cccc(F)c1Br. The zero-order chi connectivity index (χ0) is 15.2. The number of nitrogens with one attached hydrogen (secondary N) is 1. The molecule has 2 rings (SSSR count). The average Bonchev–Trinajstić information content (AvgIpc) is 2.45. The molecular formula is C16H18BrFN2O. The van der Waals surface area contributed by atoms with E-state index in [9.17, 15) is 4.39 Å². The Morgan fingerprint density at radius 1 is 1.19 bits per heavy atom. The number of halogens is 2. The third-order valence-corrected chi connectivity index (χ3v) is 3.75. The minimum atomic E-state index is -0.250. The van der Waals surface area contributed by atoms with Crippen molar-refractivity contribution in [3.05, 3.63) is 57.9 Å². The Morgan fingerprint density at radius 2 is 1.90 bits per heavy atom. The maximum atomic E-state index is 13.4. The summed E-state index contributed by atoms with van der Waals surface area (Å²) < 4.78 is 19.6. The highest BCUT2D eigenvalue weighted by Crippen LogP contribution is 2.21. The molecule has 0 radical (unpaired) electrons. The molecule has 0 saturated heterocycles. The van der Waals surface area contributed by atoms with Gasteiger partial charge in [0.05, 0.1) is 10.6 Å². The minimum absolute atomic E-state index is 0.0796. The fourth-order valence-corrected chi connectivity index (χ4v) is 2.31. The zero-order valence-electron chi connectivity index (χ0n) is 12.1. The monoisotopic (exact) mass is 352 g/mol. The maximum Gasteiger partial charge on any atom is 0.218 e. The van der Waals surface area contributed by atoms with E-state index >= 15 is 0 Å². The summed E-state index contributed by atoms with van der Waals surface area (Å²) in [7, 11) is 0. The summed E-state index contributed by atoms with van der Waals surface area (Å²) in [5.41, 5.74) is 1.86. The van der Waals surface area contributed by atoms with Crippen LogP contribution in [0.5, 0.6) is 5.88 Å². The van der Waals surface area contributed by atoms with E-state index in [1.807, 2.05) is 32.0 Å². The lowest BCUT2D eigenvalue weighted by Crippen LogP contribution is -2.16. The Morgan fingerprint density at radius 3 is 2.67 bits per heavy atom. The lowest BCUT2D eigenvalue weighted by atomic mass is 10.2. The van der Waals surface area contributed by atoms with E-state index in [-0.39, 0.29) is 11.9 Å². The number of aromatic nitrogens is 1. The fraction of sp³-hybridized carbons (Fsp3) is 0.312. The lowest BCUT2D eigenvalue weighted by molar-refractivity contribution is 0.229. The van der Waals surface area contributed by atoms with Gasteiger partial charge < -0.3 is 10.1 Å². The van der Waals surface area contributed by atoms with Gasteiger partial charge in [-0.25, -0.2) is 9.37 Å². The lowest BCUT2D eigenvalue weighted by Gasteiger charge is -2.13. The second-order valence-electron chi connectivity index (χ2n) is 4.95. The van der Waals surface area contributed by atoms with E-state index in [2.05, 4.69) is 26.2 Å². The van der Waals surface area contributed by atoms with Gasteiger partial charge in [-0.3, -0.25) is 0 Å². The Bertz CT molecular complexity index is 605. The van der Waals surface area contributed by atoms with Gasteiger partial charge in [-0.1, -0.05) is 18.2 Å². The number of hydrogen-bond acceptors (Lipinski definition) is 3. The van der Waals surface area contributed by atoms with Crippen molar-refractivity contribution < 1.29 is 9.13 Å². The predicted molar refractivity (Wildman–Crippen MR) is 84.6 cm³/mol. The van der Waals surface area contributed by atoms with Gasteiger partial charge in [-0.2, -0.15) is 0 Å². The van der Waals surface area contributed by atoms with E-state index in [1.165, 1.54) is 6.07 Å². The first-order valence-corrected chi connectivity index (χ1v) is 7.61. The van der Waals surface area contributed by atoms with Crippen LogP contribution in [0.1, 0.15) is 25.0 Å². The van der Waals surface area contributed by atoms with Crippen molar-refractivity contribution in [3.8, 4) is 5.88 Å². The molecule has 0 bridgehead atoms. The van der Waals surface area contributed by atoms with Crippen LogP contribution in [0.15, 0.2) is 41.0 Å². The second kappa shape index (κ2) is 7.52. The molecule has 112 valence electrons. The number of pyridine rings is 1. The third-order valence-electron chi connectivity index (χ3n) is 2.86. The molecule has 0 fully saturated rings. The van der Waals surface area contributed by atoms with Crippen molar-refractivity contribution in [1.29, 1.82) is 0 Å². The number of ether oxygens (including phenoxy) is 1. The summed E-state index contributed by atoms with van der Waals surface area (Å²) in [6, 6.07) is 8.87. The van der Waals surface area contributed by atoms with Crippen LogP contribution in [0.25, 0.3) is 0 Å². The molecule has 1 aromatic carbocycles. The summed E-state index contributed by atoms with van der Waals surface area (Å²) in [6.07, 6.45) is 1.79. The van der Waals surface area contributed by atoms with Gasteiger partial charge in [0.25, 0.3) is 0 Å². The molecule has 1 N–H and O–H groups in total. The summed E-state index contributed by atoms with van der Waals surface area (Å²) >= 11 is 3.26. The molecule has 21 heavy (non-hydrogen) atoms. The molecule has 0 aliphatic rings. The molecule has 0 aliphatic heterocycles. The second-order valence-corrected chi connectivity index (χ2v) is 5.74. The molecule has 1 heterocycles. The molecule has 5 heteroatoms. The van der Waals surface area contributed by atoms with Gasteiger partial charge in [0.15, 0.2) is 0 Å². The Kier molecular flexibility index (Phi) is 5.70. The highest BCUT2D eigenvalue weighted by atomic mass is 79.9. The quantitative estimate of drug-likeness (QED) is 0.851. The maximum absolute atomic E-state index is 13.4. The van der Waals surface area contributed by atoms with Crippen LogP contribution in [-0.2, 0) is 13.1 Å². The molecule has 0 saturated carbocycles. The largest absolute Gasteiger partial charge is 0.475 e. The van der Waals surface area contributed by atoms with Gasteiger partial charge in [0.1, 0.15) is 5.82 Å². The zero-order valence-corrected chi connectivity index (χ0v) is 13.7. The molecule has 3 nitrogen and oxygen atoms in total. The molecule has 0 spiro atoms. The van der Waals surface area contributed by atoms with E-state index in [4.69, 9.17) is 4.74 Å². The van der Waals surface area contributed by atoms with Gasteiger partial charge in [0, 0.05) is 24.8 Å². The highest BCUT2D eigenvalue weighted by Gasteiger charge is 2.08. The number of benzene rings is 1. The van der Waals surface area contributed by atoms with Crippen molar-refractivity contribution >= 4 is 15.9 Å². The van der Waals surface area contributed by atoms with Gasteiger partial charge in [0.2, 0.25) is 5.88 Å².